The standard InChI is InChI=1S/C17H26N2O/c1-17(2)15(10-16(17)20-4)18-11-12-5-6-14-13(9-12)7-8-19(14)3/h5-6,9,15-16,18H,7-8,10-11H2,1-4H3. The van der Waals surface area contributed by atoms with Gasteiger partial charge < -0.3 is 15.0 Å². The molecule has 0 amide bonds. The highest BCUT2D eigenvalue weighted by molar-refractivity contribution is 5.58. The number of rotatable bonds is 4. The van der Waals surface area contributed by atoms with Gasteiger partial charge in [0.1, 0.15) is 0 Å². The second kappa shape index (κ2) is 5.05. The van der Waals surface area contributed by atoms with Gasteiger partial charge in [0.05, 0.1) is 6.10 Å². The van der Waals surface area contributed by atoms with Crippen molar-refractivity contribution in [3.8, 4) is 0 Å². The summed E-state index contributed by atoms with van der Waals surface area (Å²) in [5, 5.41) is 3.70. The lowest BCUT2D eigenvalue weighted by Crippen LogP contribution is -2.60. The van der Waals surface area contributed by atoms with Crippen molar-refractivity contribution in [2.45, 2.75) is 45.4 Å². The molecule has 3 nitrogen and oxygen atoms in total. The average molecular weight is 274 g/mol. The molecule has 1 aromatic rings. The first kappa shape index (κ1) is 13.9. The zero-order valence-corrected chi connectivity index (χ0v) is 13.1. The monoisotopic (exact) mass is 274 g/mol. The molecule has 1 saturated carbocycles. The second-order valence-corrected chi connectivity index (χ2v) is 6.85. The van der Waals surface area contributed by atoms with Crippen LogP contribution in [-0.4, -0.2) is 32.8 Å². The van der Waals surface area contributed by atoms with Gasteiger partial charge in [-0.1, -0.05) is 26.0 Å². The van der Waals surface area contributed by atoms with Gasteiger partial charge in [0.25, 0.3) is 0 Å². The molecule has 110 valence electrons. The van der Waals surface area contributed by atoms with Crippen LogP contribution in [0.5, 0.6) is 0 Å². The zero-order chi connectivity index (χ0) is 14.3. The molecular weight excluding hydrogens is 248 g/mol. The SMILES string of the molecule is COC1CC(NCc2ccc3c(c2)CCN3C)C1(C)C. The van der Waals surface area contributed by atoms with Crippen molar-refractivity contribution < 1.29 is 4.74 Å². The smallest absolute Gasteiger partial charge is 0.0652 e. The Morgan fingerprint density at radius 3 is 2.90 bits per heavy atom. The Morgan fingerprint density at radius 1 is 1.40 bits per heavy atom. The largest absolute Gasteiger partial charge is 0.381 e. The minimum absolute atomic E-state index is 0.242. The summed E-state index contributed by atoms with van der Waals surface area (Å²) in [6.07, 6.45) is 2.70. The van der Waals surface area contributed by atoms with Gasteiger partial charge in [-0.25, -0.2) is 0 Å². The number of nitrogens with one attached hydrogen (secondary N) is 1. The molecule has 1 N–H and O–H groups in total. The van der Waals surface area contributed by atoms with Crippen LogP contribution in [0.15, 0.2) is 18.2 Å². The third-order valence-corrected chi connectivity index (χ3v) is 5.29. The molecule has 2 atom stereocenters. The van der Waals surface area contributed by atoms with Gasteiger partial charge in [-0.2, -0.15) is 0 Å². The van der Waals surface area contributed by atoms with Crippen molar-refractivity contribution in [2.24, 2.45) is 5.41 Å². The fourth-order valence-corrected chi connectivity index (χ4v) is 3.60. The van der Waals surface area contributed by atoms with Gasteiger partial charge in [-0.15, -0.1) is 0 Å². The fourth-order valence-electron chi connectivity index (χ4n) is 3.60. The van der Waals surface area contributed by atoms with Crippen molar-refractivity contribution in [2.75, 3.05) is 25.6 Å². The zero-order valence-electron chi connectivity index (χ0n) is 13.1. The van der Waals surface area contributed by atoms with Gasteiger partial charge in [0.2, 0.25) is 0 Å². The summed E-state index contributed by atoms with van der Waals surface area (Å²) in [7, 11) is 3.99. The number of anilines is 1. The van der Waals surface area contributed by atoms with Crippen LogP contribution in [0.4, 0.5) is 5.69 Å². The van der Waals surface area contributed by atoms with Gasteiger partial charge in [0.15, 0.2) is 0 Å². The summed E-state index contributed by atoms with van der Waals surface area (Å²) in [6, 6.07) is 7.45. The van der Waals surface area contributed by atoms with E-state index in [0.717, 1.165) is 19.5 Å². The third-order valence-electron chi connectivity index (χ3n) is 5.29. The van der Waals surface area contributed by atoms with Crippen LogP contribution in [-0.2, 0) is 17.7 Å². The highest BCUT2D eigenvalue weighted by atomic mass is 16.5. The van der Waals surface area contributed by atoms with Crippen molar-refractivity contribution in [1.82, 2.24) is 5.32 Å². The number of ether oxygens (including phenoxy) is 1. The lowest BCUT2D eigenvalue weighted by Gasteiger charge is -2.51. The predicted molar refractivity (Wildman–Crippen MR) is 83.2 cm³/mol. The van der Waals surface area contributed by atoms with Crippen molar-refractivity contribution in [3.63, 3.8) is 0 Å². The van der Waals surface area contributed by atoms with E-state index >= 15 is 0 Å². The van der Waals surface area contributed by atoms with Gasteiger partial charge >= 0.3 is 0 Å². The molecular formula is C17H26N2O. The molecule has 1 aliphatic carbocycles. The number of nitrogens with zero attached hydrogens (tertiary/aromatic N) is 1. The van der Waals surface area contributed by atoms with E-state index in [2.05, 4.69) is 49.3 Å². The Hall–Kier alpha value is -1.06. The Bertz CT molecular complexity index is 498. The Labute approximate surface area is 122 Å². The van der Waals surface area contributed by atoms with Crippen LogP contribution < -0.4 is 10.2 Å². The molecule has 3 rings (SSSR count). The van der Waals surface area contributed by atoms with E-state index in [0.29, 0.717) is 12.1 Å². The number of hydrogen-bond acceptors (Lipinski definition) is 3. The quantitative estimate of drug-likeness (QED) is 0.913. The number of likely N-dealkylation sites (N-methyl/N-ethyl adjacent to an activating group) is 1. The lowest BCUT2D eigenvalue weighted by molar-refractivity contribution is -0.0979. The maximum Gasteiger partial charge on any atom is 0.0652 e. The van der Waals surface area contributed by atoms with Crippen LogP contribution in [0.25, 0.3) is 0 Å². The molecule has 0 spiro atoms. The predicted octanol–water partition coefficient (Wildman–Crippen LogP) is 2.58. The fraction of sp³-hybridized carbons (Fsp3) is 0.647. The van der Waals surface area contributed by atoms with Crippen LogP contribution in [0.2, 0.25) is 0 Å². The minimum Gasteiger partial charge on any atom is -0.381 e. The van der Waals surface area contributed by atoms with Crippen LogP contribution in [0, 0.1) is 5.41 Å². The first-order valence-corrected chi connectivity index (χ1v) is 7.61. The van der Waals surface area contributed by atoms with Crippen molar-refractivity contribution in [3.05, 3.63) is 29.3 Å². The third kappa shape index (κ3) is 2.23. The molecule has 0 bridgehead atoms. The first-order valence-electron chi connectivity index (χ1n) is 7.61. The summed E-state index contributed by atoms with van der Waals surface area (Å²) >= 11 is 0. The number of fused-ring (bicyclic) bond motifs is 1. The topological polar surface area (TPSA) is 24.5 Å². The van der Waals surface area contributed by atoms with Gasteiger partial charge in [-0.05, 0) is 30.0 Å². The molecule has 0 radical (unpaired) electrons. The summed E-state index contributed by atoms with van der Waals surface area (Å²) in [4.78, 5) is 2.34. The Kier molecular flexibility index (Phi) is 3.51. The van der Waals surface area contributed by atoms with Crippen molar-refractivity contribution in [1.29, 1.82) is 0 Å². The van der Waals surface area contributed by atoms with E-state index < -0.39 is 0 Å². The molecule has 0 aromatic heterocycles. The van der Waals surface area contributed by atoms with E-state index in [4.69, 9.17) is 4.74 Å². The summed E-state index contributed by atoms with van der Waals surface area (Å²) in [5.74, 6) is 0. The summed E-state index contributed by atoms with van der Waals surface area (Å²) < 4.78 is 5.51. The van der Waals surface area contributed by atoms with Crippen molar-refractivity contribution >= 4 is 5.69 Å². The molecule has 1 heterocycles. The van der Waals surface area contributed by atoms with E-state index in [1.165, 1.54) is 23.2 Å². The molecule has 2 aliphatic rings. The van der Waals surface area contributed by atoms with Gasteiger partial charge in [0, 0.05) is 44.4 Å². The van der Waals surface area contributed by atoms with E-state index in [-0.39, 0.29) is 5.41 Å². The maximum absolute atomic E-state index is 5.51. The normalized spacial score (nSPS) is 27.3. The van der Waals surface area contributed by atoms with Crippen LogP contribution in [0.3, 0.4) is 0 Å². The molecule has 0 saturated heterocycles. The van der Waals surface area contributed by atoms with Crippen LogP contribution in [0.1, 0.15) is 31.4 Å². The lowest BCUT2D eigenvalue weighted by atomic mass is 9.64. The Balaban J connectivity index is 1.60. The van der Waals surface area contributed by atoms with Crippen LogP contribution >= 0.6 is 0 Å². The molecule has 1 fully saturated rings. The summed E-state index contributed by atoms with van der Waals surface area (Å²) in [6.45, 7) is 6.69. The highest BCUT2D eigenvalue weighted by Crippen LogP contribution is 2.42. The number of hydrogen-bond donors (Lipinski definition) is 1. The number of benzene rings is 1. The molecule has 2 unspecified atom stereocenters. The molecule has 1 aliphatic heterocycles. The van der Waals surface area contributed by atoms with Gasteiger partial charge in [-0.3, -0.25) is 0 Å². The molecule has 1 aromatic carbocycles. The van der Waals surface area contributed by atoms with E-state index in [1.807, 2.05) is 7.11 Å². The minimum atomic E-state index is 0.242. The number of methoxy groups -OCH3 is 1. The molecule has 20 heavy (non-hydrogen) atoms. The maximum atomic E-state index is 5.51. The van der Waals surface area contributed by atoms with E-state index in [1.54, 1.807) is 0 Å². The van der Waals surface area contributed by atoms with E-state index in [9.17, 15) is 0 Å². The Morgan fingerprint density at radius 2 is 2.20 bits per heavy atom. The highest BCUT2D eigenvalue weighted by Gasteiger charge is 2.48. The molecule has 3 heteroatoms. The first-order chi connectivity index (χ1) is 9.52. The average Bonchev–Trinajstić information content (AvgIpc) is 2.79. The second-order valence-electron chi connectivity index (χ2n) is 6.85. The summed E-state index contributed by atoms with van der Waals surface area (Å²) in [5.41, 5.74) is 4.54.